The maximum Gasteiger partial charge on any atom is 0.433 e. The van der Waals surface area contributed by atoms with E-state index >= 15 is 0 Å². The van der Waals surface area contributed by atoms with Crippen LogP contribution in [0.25, 0.3) is 0 Å². The van der Waals surface area contributed by atoms with Crippen molar-refractivity contribution in [3.05, 3.63) is 18.1 Å². The zero-order valence-electron chi connectivity index (χ0n) is 11.2. The second kappa shape index (κ2) is 4.83. The maximum atomic E-state index is 12.7. The number of aromatic nitrogens is 2. The Kier molecular flexibility index (Phi) is 3.23. The number of morpholine rings is 1. The van der Waals surface area contributed by atoms with Crippen molar-refractivity contribution in [2.75, 3.05) is 31.6 Å². The van der Waals surface area contributed by atoms with Gasteiger partial charge >= 0.3 is 6.18 Å². The summed E-state index contributed by atoms with van der Waals surface area (Å²) < 4.78 is 43.5. The largest absolute Gasteiger partial charge is 0.433 e. The van der Waals surface area contributed by atoms with Crippen molar-refractivity contribution in [3.8, 4) is 0 Å². The molecule has 0 saturated carbocycles. The lowest BCUT2D eigenvalue weighted by Gasteiger charge is -2.33. The monoisotopic (exact) mass is 302 g/mol. The minimum absolute atomic E-state index is 0.00306. The average molecular weight is 302 g/mol. The van der Waals surface area contributed by atoms with E-state index in [0.29, 0.717) is 13.1 Å². The molecule has 0 aromatic carbocycles. The summed E-state index contributed by atoms with van der Waals surface area (Å²) in [5.74, 6) is 0.0629. The van der Waals surface area contributed by atoms with E-state index in [9.17, 15) is 18.0 Å². The summed E-state index contributed by atoms with van der Waals surface area (Å²) in [5, 5.41) is 0. The second-order valence-electron chi connectivity index (χ2n) is 5.09. The molecule has 2 atom stereocenters. The summed E-state index contributed by atoms with van der Waals surface area (Å²) in [6.07, 6.45) is -3.82. The van der Waals surface area contributed by atoms with Gasteiger partial charge in [-0.2, -0.15) is 13.2 Å². The van der Waals surface area contributed by atoms with Gasteiger partial charge in [0.05, 0.1) is 12.1 Å². The Morgan fingerprint density at radius 2 is 2.10 bits per heavy atom. The highest BCUT2D eigenvalue weighted by molar-refractivity contribution is 5.78. The number of hydrogen-bond acceptors (Lipinski definition) is 5. The zero-order valence-corrected chi connectivity index (χ0v) is 11.2. The third-order valence-electron chi connectivity index (χ3n) is 3.82. The Labute approximate surface area is 118 Å². The fourth-order valence-corrected chi connectivity index (χ4v) is 2.62. The van der Waals surface area contributed by atoms with Gasteiger partial charge in [-0.15, -0.1) is 0 Å². The lowest BCUT2D eigenvalue weighted by molar-refractivity contribution is -0.150. The van der Waals surface area contributed by atoms with Gasteiger partial charge in [0, 0.05) is 26.2 Å². The molecule has 9 heteroatoms. The van der Waals surface area contributed by atoms with Crippen molar-refractivity contribution in [1.29, 1.82) is 0 Å². The number of alkyl halides is 3. The number of anilines is 1. The lowest BCUT2D eigenvalue weighted by atomic mass is 10.1. The van der Waals surface area contributed by atoms with Crippen LogP contribution in [0.3, 0.4) is 0 Å². The fourth-order valence-electron chi connectivity index (χ4n) is 2.62. The minimum Gasteiger partial charge on any atom is -0.364 e. The molecule has 0 aliphatic carbocycles. The molecule has 1 aromatic heterocycles. The molecule has 2 aliphatic rings. The number of rotatable bonds is 1. The molecule has 3 rings (SSSR count). The Morgan fingerprint density at radius 1 is 1.33 bits per heavy atom. The number of amides is 1. The molecule has 2 aliphatic heterocycles. The molecule has 6 nitrogen and oxygen atoms in total. The van der Waals surface area contributed by atoms with Crippen molar-refractivity contribution in [2.45, 2.75) is 18.3 Å². The normalized spacial score (nSPS) is 26.2. The van der Waals surface area contributed by atoms with Gasteiger partial charge in [0.2, 0.25) is 5.91 Å². The van der Waals surface area contributed by atoms with Gasteiger partial charge in [-0.05, 0) is 0 Å². The summed E-state index contributed by atoms with van der Waals surface area (Å²) in [5.41, 5.74) is -0.979. The van der Waals surface area contributed by atoms with Crippen molar-refractivity contribution < 1.29 is 22.7 Å². The third kappa shape index (κ3) is 2.53. The van der Waals surface area contributed by atoms with Crippen LogP contribution in [0.4, 0.5) is 19.0 Å². The first kappa shape index (κ1) is 14.1. The van der Waals surface area contributed by atoms with Crippen molar-refractivity contribution in [3.63, 3.8) is 0 Å². The molecule has 0 unspecified atom stereocenters. The van der Waals surface area contributed by atoms with E-state index < -0.39 is 11.9 Å². The molecule has 2 saturated heterocycles. The van der Waals surface area contributed by atoms with Crippen LogP contribution < -0.4 is 4.90 Å². The van der Waals surface area contributed by atoms with E-state index in [4.69, 9.17) is 4.74 Å². The summed E-state index contributed by atoms with van der Waals surface area (Å²) in [6.45, 7) is 0.793. The molecular formula is C12H13F3N4O2. The van der Waals surface area contributed by atoms with Gasteiger partial charge in [-0.1, -0.05) is 0 Å². The van der Waals surface area contributed by atoms with E-state index in [2.05, 4.69) is 9.97 Å². The molecule has 0 N–H and O–H groups in total. The van der Waals surface area contributed by atoms with Crippen LogP contribution in [-0.4, -0.2) is 59.7 Å². The maximum absolute atomic E-state index is 12.7. The van der Waals surface area contributed by atoms with E-state index in [-0.39, 0.29) is 30.5 Å². The smallest absolute Gasteiger partial charge is 0.364 e. The summed E-state index contributed by atoms with van der Waals surface area (Å²) >= 11 is 0. The number of halogens is 3. The Bertz CT molecular complexity index is 566. The van der Waals surface area contributed by atoms with Crippen LogP contribution in [0.1, 0.15) is 5.69 Å². The number of likely N-dealkylation sites (N-methyl/N-ethyl adjacent to an activating group) is 1. The Balaban J connectivity index is 1.82. The summed E-state index contributed by atoms with van der Waals surface area (Å²) in [6, 6.07) is 0.745. The van der Waals surface area contributed by atoms with Crippen LogP contribution in [0.2, 0.25) is 0 Å². The molecule has 2 fully saturated rings. The molecule has 0 bridgehead atoms. The molecule has 0 spiro atoms. The molecule has 1 aromatic rings. The van der Waals surface area contributed by atoms with Crippen molar-refractivity contribution in [2.24, 2.45) is 0 Å². The number of carbonyl (C=O) groups is 1. The molecule has 0 radical (unpaired) electrons. The van der Waals surface area contributed by atoms with E-state index in [1.54, 1.807) is 16.8 Å². The number of ether oxygens (including phenoxy) is 1. The summed E-state index contributed by atoms with van der Waals surface area (Å²) in [4.78, 5) is 22.0. The third-order valence-corrected chi connectivity index (χ3v) is 3.82. The minimum atomic E-state index is -4.51. The molecular weight excluding hydrogens is 289 g/mol. The predicted molar refractivity (Wildman–Crippen MR) is 65.5 cm³/mol. The lowest BCUT2D eigenvalue weighted by Crippen LogP contribution is -2.51. The predicted octanol–water partition coefficient (Wildman–Crippen LogP) is 0.541. The Hall–Kier alpha value is -1.90. The van der Waals surface area contributed by atoms with E-state index in [0.717, 1.165) is 12.4 Å². The van der Waals surface area contributed by atoms with Crippen LogP contribution in [0.15, 0.2) is 12.4 Å². The number of fused-ring (bicyclic) bond motifs is 1. The standard InChI is InChI=1S/C12H13F3N4O2/c1-18-7-3-19(4-8(7)21-5-11(18)20)10-2-9(12(13,14)15)16-6-17-10/h2,6-8H,3-5H2,1H3/t7-,8-/m0/s1. The summed E-state index contributed by atoms with van der Waals surface area (Å²) in [7, 11) is 1.67. The van der Waals surface area contributed by atoms with Gasteiger partial charge < -0.3 is 14.5 Å². The number of hydrogen-bond donors (Lipinski definition) is 0. The number of nitrogens with zero attached hydrogens (tertiary/aromatic N) is 4. The van der Waals surface area contributed by atoms with Gasteiger partial charge in [-0.25, -0.2) is 9.97 Å². The van der Waals surface area contributed by atoms with E-state index in [1.165, 1.54) is 0 Å². The van der Waals surface area contributed by atoms with Crippen LogP contribution in [0, 0.1) is 0 Å². The van der Waals surface area contributed by atoms with Crippen LogP contribution in [-0.2, 0) is 15.7 Å². The first-order valence-corrected chi connectivity index (χ1v) is 6.37. The van der Waals surface area contributed by atoms with Crippen molar-refractivity contribution >= 4 is 11.7 Å². The van der Waals surface area contributed by atoms with Gasteiger partial charge in [-0.3, -0.25) is 4.79 Å². The van der Waals surface area contributed by atoms with E-state index in [1.807, 2.05) is 0 Å². The highest BCUT2D eigenvalue weighted by atomic mass is 19.4. The molecule has 114 valence electrons. The number of carbonyl (C=O) groups excluding carboxylic acids is 1. The van der Waals surface area contributed by atoms with Crippen molar-refractivity contribution in [1.82, 2.24) is 14.9 Å². The second-order valence-corrected chi connectivity index (χ2v) is 5.09. The first-order valence-electron chi connectivity index (χ1n) is 6.37. The highest BCUT2D eigenvalue weighted by Crippen LogP contribution is 2.31. The molecule has 3 heterocycles. The SMILES string of the molecule is CN1C(=O)CO[C@H]2CN(c3cc(C(F)(F)F)ncn3)C[C@@H]21. The highest BCUT2D eigenvalue weighted by Gasteiger charge is 2.42. The topological polar surface area (TPSA) is 58.6 Å². The fraction of sp³-hybridized carbons (Fsp3) is 0.583. The molecule has 21 heavy (non-hydrogen) atoms. The Morgan fingerprint density at radius 3 is 2.81 bits per heavy atom. The first-order chi connectivity index (χ1) is 9.86. The average Bonchev–Trinajstić information content (AvgIpc) is 2.87. The molecule has 1 amide bonds. The van der Waals surface area contributed by atoms with Gasteiger partial charge in [0.25, 0.3) is 0 Å². The zero-order chi connectivity index (χ0) is 15.2. The van der Waals surface area contributed by atoms with Crippen LogP contribution >= 0.6 is 0 Å². The van der Waals surface area contributed by atoms with Gasteiger partial charge in [0.15, 0.2) is 0 Å². The quantitative estimate of drug-likeness (QED) is 0.758. The van der Waals surface area contributed by atoms with Gasteiger partial charge in [0.1, 0.15) is 24.4 Å². The van der Waals surface area contributed by atoms with Crippen LogP contribution in [0.5, 0.6) is 0 Å².